The van der Waals surface area contributed by atoms with E-state index in [0.29, 0.717) is 35.1 Å². The number of halogens is 12. The molecule has 2 atom stereocenters. The number of hydrogen-bond acceptors (Lipinski definition) is 1. The molecule has 0 fully saturated rings. The van der Waals surface area contributed by atoms with Gasteiger partial charge in [0.25, 0.3) is 0 Å². The van der Waals surface area contributed by atoms with Gasteiger partial charge in [0.2, 0.25) is 0 Å². The van der Waals surface area contributed by atoms with E-state index in [0.717, 1.165) is 82.3 Å². The lowest BCUT2D eigenvalue weighted by atomic mass is 9.84. The first-order valence-corrected chi connectivity index (χ1v) is 19.1. The fraction of sp³-hybridized carbons (Fsp3) is 0.378. The normalized spacial score (nSPS) is 17.4. The molecule has 2 aliphatic carbocycles. The zero-order valence-corrected chi connectivity index (χ0v) is 32.0. The summed E-state index contributed by atoms with van der Waals surface area (Å²) in [6, 6.07) is 9.09. The number of benzene rings is 4. The summed E-state index contributed by atoms with van der Waals surface area (Å²) in [7, 11) is 0. The number of phenolic OH excluding ortho intramolecular Hbond substituents is 1. The maximum atomic E-state index is 14.8. The summed E-state index contributed by atoms with van der Waals surface area (Å²) in [5.74, 6) is -9.35. The smallest absolute Gasteiger partial charge is 0.422 e. The lowest BCUT2D eigenvalue weighted by Crippen LogP contribution is -2.13. The van der Waals surface area contributed by atoms with Gasteiger partial charge in [-0.15, -0.1) is 0 Å². The summed E-state index contributed by atoms with van der Waals surface area (Å²) >= 11 is 0. The third-order valence-corrected chi connectivity index (χ3v) is 10.9. The van der Waals surface area contributed by atoms with Gasteiger partial charge >= 0.3 is 12.4 Å². The van der Waals surface area contributed by atoms with Crippen molar-refractivity contribution in [2.45, 2.75) is 97.3 Å². The largest absolute Gasteiger partial charge is 0.504 e. The van der Waals surface area contributed by atoms with E-state index in [1.165, 1.54) is 30.3 Å². The molecular weight excluding hydrogens is 784 g/mol. The lowest BCUT2D eigenvalue weighted by molar-refractivity contribution is -0.143. The highest BCUT2D eigenvalue weighted by Crippen LogP contribution is 2.44. The maximum Gasteiger partial charge on any atom is 0.422 e. The minimum Gasteiger partial charge on any atom is -0.504 e. The van der Waals surface area contributed by atoms with Crippen LogP contribution < -0.4 is 0 Å². The molecule has 13 heteroatoms. The summed E-state index contributed by atoms with van der Waals surface area (Å²) in [6.07, 6.45) is 3.60. The molecule has 0 aliphatic heterocycles. The van der Waals surface area contributed by atoms with Crippen LogP contribution in [-0.4, -0.2) is 5.11 Å². The average Bonchev–Trinajstić information content (AvgIpc) is 3.15. The molecule has 4 aromatic carbocycles. The first-order chi connectivity index (χ1) is 27.3. The van der Waals surface area contributed by atoms with Gasteiger partial charge in [0, 0.05) is 16.7 Å². The average molecular weight is 827 g/mol. The van der Waals surface area contributed by atoms with Crippen LogP contribution in [0.5, 0.6) is 5.75 Å². The monoisotopic (exact) mass is 826 g/mol. The van der Waals surface area contributed by atoms with Gasteiger partial charge in [-0.3, -0.25) is 0 Å². The van der Waals surface area contributed by atoms with E-state index >= 15 is 0 Å². The van der Waals surface area contributed by atoms with Crippen molar-refractivity contribution in [3.05, 3.63) is 123 Å². The van der Waals surface area contributed by atoms with Crippen LogP contribution in [0.4, 0.5) is 52.7 Å². The minimum absolute atomic E-state index is 0.127. The van der Waals surface area contributed by atoms with Crippen molar-refractivity contribution in [2.24, 2.45) is 11.8 Å². The molecule has 2 aliphatic rings. The van der Waals surface area contributed by atoms with Gasteiger partial charge in [0.05, 0.1) is 0 Å². The fourth-order valence-corrected chi connectivity index (χ4v) is 7.84. The molecule has 0 radical (unpaired) electrons. The van der Waals surface area contributed by atoms with Crippen molar-refractivity contribution in [2.75, 3.05) is 0 Å². The Morgan fingerprint density at radius 1 is 0.552 bits per heavy atom. The molecule has 0 heterocycles. The molecule has 0 saturated heterocycles. The highest BCUT2D eigenvalue weighted by molar-refractivity contribution is 5.76. The number of rotatable bonds is 8. The summed E-state index contributed by atoms with van der Waals surface area (Å²) in [5, 5.41) is 9.82. The van der Waals surface area contributed by atoms with E-state index in [4.69, 9.17) is 0 Å². The third kappa shape index (κ3) is 9.77. The van der Waals surface area contributed by atoms with Crippen LogP contribution in [0.15, 0.2) is 60.7 Å². The van der Waals surface area contributed by atoms with Gasteiger partial charge in [0.1, 0.15) is 40.2 Å². The predicted octanol–water partition coefficient (Wildman–Crippen LogP) is 15.6. The van der Waals surface area contributed by atoms with E-state index in [2.05, 4.69) is 19.9 Å². The molecule has 0 amide bonds. The second-order valence-corrected chi connectivity index (χ2v) is 14.9. The van der Waals surface area contributed by atoms with E-state index in [-0.39, 0.29) is 16.7 Å². The zero-order valence-electron chi connectivity index (χ0n) is 32.0. The van der Waals surface area contributed by atoms with Crippen LogP contribution in [0.3, 0.4) is 0 Å². The Morgan fingerprint density at radius 2 is 0.966 bits per heavy atom. The Bertz CT molecular complexity index is 2040. The lowest BCUT2D eigenvalue weighted by Gasteiger charge is -2.22. The van der Waals surface area contributed by atoms with Crippen LogP contribution in [0.1, 0.15) is 106 Å². The van der Waals surface area contributed by atoms with E-state index < -0.39 is 75.3 Å². The van der Waals surface area contributed by atoms with Crippen molar-refractivity contribution >= 4 is 11.1 Å². The standard InChI is InChI=1S/C23H22F6.C22H20F6O/c1-3-4-14-5-7-15(8-6-14)16-9-10-17(19(24)11-16)18-12-20(25)21(23(27,28)29)22(26)13(18)2;1-2-3-12-4-6-13(7-5-12)14-8-9-15(17(23)10-14)16-11-18(24)19(22(26,27)28)20(25)21(16)29/h7,9-12,14H,3-6,8H2,1-2H3;6,8-12,29H,2-5,7H2,1H3. The number of alkyl halides is 6. The first-order valence-electron chi connectivity index (χ1n) is 19.1. The van der Waals surface area contributed by atoms with Crippen molar-refractivity contribution in [1.82, 2.24) is 0 Å². The number of aromatic hydroxyl groups is 1. The molecule has 1 nitrogen and oxygen atoms in total. The highest BCUT2D eigenvalue weighted by atomic mass is 19.4. The van der Waals surface area contributed by atoms with Crippen molar-refractivity contribution in [3.63, 3.8) is 0 Å². The Labute approximate surface area is 329 Å². The van der Waals surface area contributed by atoms with Gasteiger partial charge in [0.15, 0.2) is 11.6 Å². The number of phenols is 1. The quantitative estimate of drug-likeness (QED) is 0.176. The molecule has 58 heavy (non-hydrogen) atoms. The van der Waals surface area contributed by atoms with E-state index in [1.54, 1.807) is 6.07 Å². The minimum atomic E-state index is -5.32. The van der Waals surface area contributed by atoms with Crippen LogP contribution in [0.2, 0.25) is 0 Å². The molecule has 0 saturated carbocycles. The summed E-state index contributed by atoms with van der Waals surface area (Å²) < 4.78 is 162. The van der Waals surface area contributed by atoms with Crippen molar-refractivity contribution in [3.8, 4) is 28.0 Å². The molecule has 0 spiro atoms. The molecule has 6 rings (SSSR count). The third-order valence-electron chi connectivity index (χ3n) is 10.9. The Morgan fingerprint density at radius 3 is 1.34 bits per heavy atom. The Balaban J connectivity index is 0.000000221. The van der Waals surface area contributed by atoms with Gasteiger partial charge in [-0.05, 0) is 115 Å². The van der Waals surface area contributed by atoms with Crippen LogP contribution in [0, 0.1) is 53.7 Å². The Hall–Kier alpha value is -4.68. The van der Waals surface area contributed by atoms with Gasteiger partial charge in [-0.1, -0.05) is 75.9 Å². The topological polar surface area (TPSA) is 20.2 Å². The number of hydrogen-bond donors (Lipinski definition) is 1. The van der Waals surface area contributed by atoms with Crippen LogP contribution in [-0.2, 0) is 12.4 Å². The van der Waals surface area contributed by atoms with E-state index in [9.17, 15) is 57.8 Å². The number of allylic oxidation sites excluding steroid dienone is 4. The second-order valence-electron chi connectivity index (χ2n) is 14.9. The summed E-state index contributed by atoms with van der Waals surface area (Å²) in [4.78, 5) is 0. The maximum absolute atomic E-state index is 14.8. The Kier molecular flexibility index (Phi) is 13.8. The fourth-order valence-electron chi connectivity index (χ4n) is 7.84. The van der Waals surface area contributed by atoms with E-state index in [1.807, 2.05) is 6.08 Å². The molecular formula is C45H42F12O. The molecule has 0 aromatic heterocycles. The van der Waals surface area contributed by atoms with Crippen molar-refractivity contribution < 1.29 is 57.8 Å². The zero-order chi connectivity index (χ0) is 42.7. The van der Waals surface area contributed by atoms with Crippen molar-refractivity contribution in [1.29, 1.82) is 0 Å². The van der Waals surface area contributed by atoms with Gasteiger partial charge < -0.3 is 5.11 Å². The first kappa shape index (κ1) is 44.4. The summed E-state index contributed by atoms with van der Waals surface area (Å²) in [6.45, 7) is 5.35. The highest BCUT2D eigenvalue weighted by Gasteiger charge is 2.41. The second kappa shape index (κ2) is 18.1. The molecule has 0 bridgehead atoms. The van der Waals surface area contributed by atoms with Gasteiger partial charge in [-0.25, -0.2) is 26.3 Å². The van der Waals surface area contributed by atoms with Gasteiger partial charge in [-0.2, -0.15) is 26.3 Å². The predicted molar refractivity (Wildman–Crippen MR) is 200 cm³/mol. The molecule has 2 unspecified atom stereocenters. The summed E-state index contributed by atoms with van der Waals surface area (Å²) in [5.41, 5.74) is -2.73. The molecule has 1 N–H and O–H groups in total. The molecule has 4 aromatic rings. The SMILES string of the molecule is CCCC1CC=C(c2ccc(-c3cc(F)c(C(F)(F)F)c(F)c3C)c(F)c2)CC1.CCCC1CC=C(c2ccc(-c3cc(F)c(C(F)(F)F)c(F)c3O)c(F)c2)CC1. The van der Waals surface area contributed by atoms with Crippen LogP contribution >= 0.6 is 0 Å². The van der Waals surface area contributed by atoms with Crippen LogP contribution in [0.25, 0.3) is 33.4 Å². The molecule has 312 valence electrons.